The minimum Gasteiger partial charge on any atom is -0.384 e. The molecule has 0 amide bonds. The Bertz CT molecular complexity index is 119. The van der Waals surface area contributed by atoms with E-state index in [-0.39, 0.29) is 11.5 Å². The zero-order valence-electron chi connectivity index (χ0n) is 8.68. The lowest BCUT2D eigenvalue weighted by Gasteiger charge is -2.26. The zero-order valence-corrected chi connectivity index (χ0v) is 8.68. The van der Waals surface area contributed by atoms with E-state index in [2.05, 4.69) is 12.2 Å². The first-order valence-electron chi connectivity index (χ1n) is 4.64. The maximum atomic E-state index is 5.86. The molecule has 1 aliphatic rings. The third kappa shape index (κ3) is 2.73. The molecule has 1 heterocycles. The third-order valence-electron chi connectivity index (χ3n) is 2.26. The van der Waals surface area contributed by atoms with Crippen molar-refractivity contribution in [2.24, 2.45) is 11.1 Å². The molecule has 0 aromatic rings. The van der Waals surface area contributed by atoms with Crippen molar-refractivity contribution in [3.05, 3.63) is 0 Å². The normalized spacial score (nSPS) is 34.2. The number of hydrogen-bond donors (Lipinski definition) is 2. The number of ether oxygens (including phenoxy) is 1. The van der Waals surface area contributed by atoms with Crippen LogP contribution in [0.2, 0.25) is 0 Å². The molecule has 74 valence electrons. The van der Waals surface area contributed by atoms with Gasteiger partial charge in [-0.1, -0.05) is 20.8 Å². The van der Waals surface area contributed by atoms with Crippen LogP contribution in [-0.2, 0) is 4.74 Å². The van der Waals surface area contributed by atoms with Crippen LogP contribution in [0.25, 0.3) is 0 Å². The van der Waals surface area contributed by atoms with Crippen LogP contribution in [-0.4, -0.2) is 32.8 Å². The van der Waals surface area contributed by atoms with Crippen molar-refractivity contribution in [1.29, 1.82) is 0 Å². The molecule has 1 saturated heterocycles. The van der Waals surface area contributed by atoms with Gasteiger partial charge in [-0.3, -0.25) is 0 Å². The van der Waals surface area contributed by atoms with Crippen molar-refractivity contribution in [2.45, 2.75) is 26.8 Å². The second-order valence-electron chi connectivity index (χ2n) is 3.32. The monoisotopic (exact) mass is 174 g/mol. The van der Waals surface area contributed by atoms with Gasteiger partial charge < -0.3 is 15.8 Å². The van der Waals surface area contributed by atoms with Gasteiger partial charge in [-0.25, -0.2) is 0 Å². The van der Waals surface area contributed by atoms with Gasteiger partial charge in [-0.2, -0.15) is 0 Å². The van der Waals surface area contributed by atoms with Gasteiger partial charge in [0.05, 0.1) is 6.61 Å². The van der Waals surface area contributed by atoms with Gasteiger partial charge in [-0.15, -0.1) is 0 Å². The van der Waals surface area contributed by atoms with Crippen molar-refractivity contribution in [3.63, 3.8) is 0 Å². The minimum absolute atomic E-state index is 0.148. The Morgan fingerprint density at radius 1 is 1.58 bits per heavy atom. The largest absolute Gasteiger partial charge is 0.384 e. The Morgan fingerprint density at radius 3 is 2.50 bits per heavy atom. The summed E-state index contributed by atoms with van der Waals surface area (Å²) in [5.74, 6) is 0. The molecule has 0 saturated carbocycles. The highest BCUT2D eigenvalue weighted by atomic mass is 16.5. The average molecular weight is 174 g/mol. The van der Waals surface area contributed by atoms with E-state index in [1.807, 2.05) is 13.8 Å². The van der Waals surface area contributed by atoms with E-state index in [9.17, 15) is 0 Å². The van der Waals surface area contributed by atoms with Crippen LogP contribution in [0.4, 0.5) is 0 Å². The van der Waals surface area contributed by atoms with Crippen LogP contribution >= 0.6 is 0 Å². The molecule has 1 aliphatic heterocycles. The number of nitrogens with one attached hydrogen (secondary N) is 1. The van der Waals surface area contributed by atoms with Crippen LogP contribution < -0.4 is 11.1 Å². The summed E-state index contributed by atoms with van der Waals surface area (Å²) in [5, 5.41) is 3.24. The van der Waals surface area contributed by atoms with Gasteiger partial charge in [0.25, 0.3) is 0 Å². The summed E-state index contributed by atoms with van der Waals surface area (Å²) in [4.78, 5) is 0. The van der Waals surface area contributed by atoms with Crippen molar-refractivity contribution < 1.29 is 4.74 Å². The first kappa shape index (κ1) is 11.9. The fourth-order valence-electron chi connectivity index (χ4n) is 1.38. The Balaban J connectivity index is 0.000000561. The van der Waals surface area contributed by atoms with Gasteiger partial charge >= 0.3 is 0 Å². The summed E-state index contributed by atoms with van der Waals surface area (Å²) < 4.78 is 5.08. The highest BCUT2D eigenvalue weighted by Crippen LogP contribution is 2.23. The molecule has 3 nitrogen and oxygen atoms in total. The second kappa shape index (κ2) is 5.51. The fraction of sp³-hybridized carbons (Fsp3) is 1.00. The van der Waals surface area contributed by atoms with Crippen molar-refractivity contribution in [1.82, 2.24) is 5.32 Å². The zero-order chi connectivity index (χ0) is 9.61. The minimum atomic E-state index is 0.148. The molecule has 12 heavy (non-hydrogen) atoms. The van der Waals surface area contributed by atoms with Gasteiger partial charge in [0.15, 0.2) is 0 Å². The van der Waals surface area contributed by atoms with E-state index in [1.54, 1.807) is 7.11 Å². The second-order valence-corrected chi connectivity index (χ2v) is 3.32. The van der Waals surface area contributed by atoms with Gasteiger partial charge in [0, 0.05) is 31.7 Å². The summed E-state index contributed by atoms with van der Waals surface area (Å²) in [7, 11) is 1.72. The van der Waals surface area contributed by atoms with E-state index < -0.39 is 0 Å². The van der Waals surface area contributed by atoms with Crippen LogP contribution in [0.5, 0.6) is 0 Å². The topological polar surface area (TPSA) is 47.3 Å². The van der Waals surface area contributed by atoms with E-state index in [4.69, 9.17) is 10.5 Å². The Kier molecular flexibility index (Phi) is 5.46. The van der Waals surface area contributed by atoms with Crippen LogP contribution in [0, 0.1) is 5.41 Å². The summed E-state index contributed by atoms with van der Waals surface area (Å²) in [6.45, 7) is 8.80. The van der Waals surface area contributed by atoms with Crippen LogP contribution in [0.3, 0.4) is 0 Å². The average Bonchev–Trinajstić information content (AvgIpc) is 2.37. The molecule has 0 aromatic carbocycles. The SMILES string of the molecule is CC.COCC1(C)CNCC1N. The van der Waals surface area contributed by atoms with Gasteiger partial charge in [-0.05, 0) is 0 Å². The maximum absolute atomic E-state index is 5.86. The molecule has 1 rings (SSSR count). The predicted molar refractivity (Wildman–Crippen MR) is 52.2 cm³/mol. The van der Waals surface area contributed by atoms with Crippen molar-refractivity contribution in [2.75, 3.05) is 26.8 Å². The fourth-order valence-corrected chi connectivity index (χ4v) is 1.38. The highest BCUT2D eigenvalue weighted by Gasteiger charge is 2.35. The van der Waals surface area contributed by atoms with Crippen molar-refractivity contribution >= 4 is 0 Å². The molecule has 2 unspecified atom stereocenters. The van der Waals surface area contributed by atoms with Crippen molar-refractivity contribution in [3.8, 4) is 0 Å². The number of hydrogen-bond acceptors (Lipinski definition) is 3. The Hall–Kier alpha value is -0.120. The standard InChI is InChI=1S/C7H16N2O.C2H6/c1-7(5-10-2)4-9-3-6(7)8;1-2/h6,9H,3-5,8H2,1-2H3;1-2H3. The number of nitrogens with two attached hydrogens (primary N) is 1. The molecule has 0 spiro atoms. The lowest BCUT2D eigenvalue weighted by molar-refractivity contribution is 0.0951. The van der Waals surface area contributed by atoms with Crippen LogP contribution in [0.1, 0.15) is 20.8 Å². The molecule has 1 fully saturated rings. The summed E-state index contributed by atoms with van der Waals surface area (Å²) in [6.07, 6.45) is 0. The first-order chi connectivity index (χ1) is 5.69. The molecular formula is C9H22N2O. The maximum Gasteiger partial charge on any atom is 0.0543 e. The smallest absolute Gasteiger partial charge is 0.0543 e. The first-order valence-corrected chi connectivity index (χ1v) is 4.64. The summed E-state index contributed by atoms with van der Waals surface area (Å²) in [6, 6.07) is 0.243. The molecule has 0 bridgehead atoms. The molecular weight excluding hydrogens is 152 g/mol. The molecule has 0 aliphatic carbocycles. The highest BCUT2D eigenvalue weighted by molar-refractivity contribution is 4.94. The lowest BCUT2D eigenvalue weighted by Crippen LogP contribution is -2.41. The Morgan fingerprint density at radius 2 is 2.17 bits per heavy atom. The van der Waals surface area contributed by atoms with Crippen LogP contribution in [0.15, 0.2) is 0 Å². The molecule has 0 radical (unpaired) electrons. The van der Waals surface area contributed by atoms with E-state index in [0.29, 0.717) is 0 Å². The summed E-state index contributed by atoms with van der Waals surface area (Å²) >= 11 is 0. The molecule has 3 heteroatoms. The molecule has 3 N–H and O–H groups in total. The quantitative estimate of drug-likeness (QED) is 0.644. The lowest BCUT2D eigenvalue weighted by atomic mass is 9.87. The number of methoxy groups -OCH3 is 1. The molecule has 2 atom stereocenters. The van der Waals surface area contributed by atoms with E-state index in [0.717, 1.165) is 19.7 Å². The summed E-state index contributed by atoms with van der Waals surface area (Å²) in [5.41, 5.74) is 6.00. The molecule has 0 aromatic heterocycles. The van der Waals surface area contributed by atoms with Gasteiger partial charge in [0.2, 0.25) is 0 Å². The van der Waals surface area contributed by atoms with E-state index in [1.165, 1.54) is 0 Å². The Labute approximate surface area is 75.7 Å². The van der Waals surface area contributed by atoms with Gasteiger partial charge in [0.1, 0.15) is 0 Å². The number of rotatable bonds is 2. The van der Waals surface area contributed by atoms with E-state index >= 15 is 0 Å². The third-order valence-corrected chi connectivity index (χ3v) is 2.26. The predicted octanol–water partition coefficient (Wildman–Crippen LogP) is 0.596.